The van der Waals surface area contributed by atoms with E-state index in [4.69, 9.17) is 9.47 Å². The minimum Gasteiger partial charge on any atom is -0.491 e. The molecule has 3 rings (SSSR count). The van der Waals surface area contributed by atoms with Crippen LogP contribution in [0.2, 0.25) is 0 Å². The summed E-state index contributed by atoms with van der Waals surface area (Å²) < 4.78 is 38.4. The lowest BCUT2D eigenvalue weighted by Gasteiger charge is -2.36. The predicted molar refractivity (Wildman–Crippen MR) is 115 cm³/mol. The number of sulfonamides is 1. The van der Waals surface area contributed by atoms with E-state index < -0.39 is 10.0 Å². The molecule has 6 nitrogen and oxygen atoms in total. The van der Waals surface area contributed by atoms with Crippen molar-refractivity contribution in [3.05, 3.63) is 53.6 Å². The number of piperazine rings is 1. The summed E-state index contributed by atoms with van der Waals surface area (Å²) in [5.41, 5.74) is 3.69. The second-order valence-corrected chi connectivity index (χ2v) is 9.06. The van der Waals surface area contributed by atoms with Gasteiger partial charge in [-0.2, -0.15) is 4.31 Å². The van der Waals surface area contributed by atoms with Crippen LogP contribution in [-0.2, 0) is 14.8 Å². The van der Waals surface area contributed by atoms with E-state index in [1.54, 1.807) is 28.6 Å². The molecular formula is C22H30N2O4S. The predicted octanol–water partition coefficient (Wildman–Crippen LogP) is 3.23. The highest BCUT2D eigenvalue weighted by molar-refractivity contribution is 7.89. The quantitative estimate of drug-likeness (QED) is 0.616. The topological polar surface area (TPSA) is 59.1 Å². The minimum absolute atomic E-state index is 0.301. The maximum Gasteiger partial charge on any atom is 0.243 e. The van der Waals surface area contributed by atoms with Gasteiger partial charge in [0.1, 0.15) is 12.4 Å². The molecule has 7 heteroatoms. The highest BCUT2D eigenvalue weighted by Gasteiger charge is 2.29. The molecule has 0 atom stereocenters. The lowest BCUT2D eigenvalue weighted by atomic mass is 10.1. The molecule has 0 saturated carbocycles. The Labute approximate surface area is 174 Å². The molecule has 1 fully saturated rings. The summed E-state index contributed by atoms with van der Waals surface area (Å²) in [5.74, 6) is 0.642. The van der Waals surface area contributed by atoms with E-state index in [2.05, 4.69) is 36.9 Å². The Kier molecular flexibility index (Phi) is 7.16. The third-order valence-electron chi connectivity index (χ3n) is 5.32. The van der Waals surface area contributed by atoms with Gasteiger partial charge in [-0.05, 0) is 62.2 Å². The zero-order valence-corrected chi connectivity index (χ0v) is 18.2. The van der Waals surface area contributed by atoms with Gasteiger partial charge in [-0.15, -0.1) is 0 Å². The molecule has 0 spiro atoms. The van der Waals surface area contributed by atoms with Crippen LogP contribution in [0.25, 0.3) is 0 Å². The second-order valence-electron chi connectivity index (χ2n) is 7.13. The van der Waals surface area contributed by atoms with Crippen LogP contribution in [-0.4, -0.2) is 58.7 Å². The largest absolute Gasteiger partial charge is 0.491 e. The summed E-state index contributed by atoms with van der Waals surface area (Å²) >= 11 is 0. The first-order valence-corrected chi connectivity index (χ1v) is 11.5. The Morgan fingerprint density at radius 3 is 2.28 bits per heavy atom. The number of rotatable bonds is 8. The van der Waals surface area contributed by atoms with Gasteiger partial charge < -0.3 is 14.4 Å². The van der Waals surface area contributed by atoms with Crippen molar-refractivity contribution in [1.29, 1.82) is 0 Å². The number of anilines is 1. The van der Waals surface area contributed by atoms with Crippen molar-refractivity contribution < 1.29 is 17.9 Å². The monoisotopic (exact) mass is 418 g/mol. The van der Waals surface area contributed by atoms with Gasteiger partial charge in [0.15, 0.2) is 0 Å². The van der Waals surface area contributed by atoms with E-state index in [1.807, 2.05) is 6.92 Å². The highest BCUT2D eigenvalue weighted by Crippen LogP contribution is 2.26. The fourth-order valence-corrected chi connectivity index (χ4v) is 4.89. The Bertz CT molecular complexity index is 905. The van der Waals surface area contributed by atoms with E-state index in [9.17, 15) is 8.42 Å². The van der Waals surface area contributed by atoms with Gasteiger partial charge >= 0.3 is 0 Å². The lowest BCUT2D eigenvalue weighted by Crippen LogP contribution is -2.48. The van der Waals surface area contributed by atoms with Crippen molar-refractivity contribution in [2.75, 3.05) is 50.9 Å². The van der Waals surface area contributed by atoms with E-state index in [-0.39, 0.29) is 0 Å². The van der Waals surface area contributed by atoms with Crippen molar-refractivity contribution in [2.45, 2.75) is 25.7 Å². The molecule has 29 heavy (non-hydrogen) atoms. The van der Waals surface area contributed by atoms with E-state index >= 15 is 0 Å². The molecule has 1 heterocycles. The van der Waals surface area contributed by atoms with Gasteiger partial charge in [0, 0.05) is 38.5 Å². The van der Waals surface area contributed by atoms with Gasteiger partial charge in [-0.25, -0.2) is 8.42 Å². The Balaban J connectivity index is 1.61. The normalized spacial score (nSPS) is 15.5. The van der Waals surface area contributed by atoms with Gasteiger partial charge in [-0.3, -0.25) is 0 Å². The Morgan fingerprint density at radius 1 is 0.931 bits per heavy atom. The lowest BCUT2D eigenvalue weighted by molar-refractivity contribution is 0.110. The summed E-state index contributed by atoms with van der Waals surface area (Å²) in [6.45, 7) is 10.1. The average Bonchev–Trinajstić information content (AvgIpc) is 2.74. The van der Waals surface area contributed by atoms with Crippen molar-refractivity contribution >= 4 is 15.7 Å². The van der Waals surface area contributed by atoms with Crippen molar-refractivity contribution in [3.8, 4) is 5.75 Å². The van der Waals surface area contributed by atoms with Crippen molar-refractivity contribution in [2.24, 2.45) is 0 Å². The maximum absolute atomic E-state index is 13.0. The zero-order chi connectivity index (χ0) is 20.9. The molecule has 0 radical (unpaired) electrons. The van der Waals surface area contributed by atoms with Crippen LogP contribution in [0.5, 0.6) is 5.75 Å². The fourth-order valence-electron chi connectivity index (χ4n) is 3.47. The molecule has 0 N–H and O–H groups in total. The molecule has 0 aromatic heterocycles. The SMILES string of the molecule is CCOCCOc1ccc(S(=O)(=O)N2CCN(c3cccc(C)c3C)CC2)cc1. The van der Waals surface area contributed by atoms with Crippen LogP contribution in [0.1, 0.15) is 18.1 Å². The average molecular weight is 419 g/mol. The molecule has 1 aliphatic rings. The van der Waals surface area contributed by atoms with E-state index in [1.165, 1.54) is 16.8 Å². The summed E-state index contributed by atoms with van der Waals surface area (Å²) in [4.78, 5) is 2.57. The Hall–Kier alpha value is -2.09. The summed E-state index contributed by atoms with van der Waals surface area (Å²) in [7, 11) is -3.51. The highest BCUT2D eigenvalue weighted by atomic mass is 32.2. The zero-order valence-electron chi connectivity index (χ0n) is 17.4. The number of aryl methyl sites for hydroxylation is 1. The van der Waals surface area contributed by atoms with Crippen LogP contribution in [0.3, 0.4) is 0 Å². The number of ether oxygens (including phenoxy) is 2. The number of nitrogens with zero attached hydrogens (tertiary/aromatic N) is 2. The van der Waals surface area contributed by atoms with Crippen LogP contribution in [0.15, 0.2) is 47.4 Å². The molecule has 0 bridgehead atoms. The van der Waals surface area contributed by atoms with Gasteiger partial charge in [0.2, 0.25) is 10.0 Å². The maximum atomic E-state index is 13.0. The van der Waals surface area contributed by atoms with Crippen LogP contribution in [0.4, 0.5) is 5.69 Å². The van der Waals surface area contributed by atoms with Crippen LogP contribution in [0, 0.1) is 13.8 Å². The minimum atomic E-state index is -3.51. The molecule has 0 amide bonds. The smallest absolute Gasteiger partial charge is 0.243 e. The molecule has 1 saturated heterocycles. The first kappa shape index (κ1) is 21.6. The number of hydrogen-bond acceptors (Lipinski definition) is 5. The molecule has 0 unspecified atom stereocenters. The van der Waals surface area contributed by atoms with Crippen LogP contribution >= 0.6 is 0 Å². The molecule has 2 aromatic carbocycles. The fraction of sp³-hybridized carbons (Fsp3) is 0.455. The van der Waals surface area contributed by atoms with Gasteiger partial charge in [0.05, 0.1) is 11.5 Å². The molecule has 158 valence electrons. The third-order valence-corrected chi connectivity index (χ3v) is 7.23. The molecule has 1 aliphatic heterocycles. The summed E-state index contributed by atoms with van der Waals surface area (Å²) in [5, 5.41) is 0. The van der Waals surface area contributed by atoms with Crippen molar-refractivity contribution in [1.82, 2.24) is 4.31 Å². The van der Waals surface area contributed by atoms with Gasteiger partial charge in [-0.1, -0.05) is 12.1 Å². The molecule has 0 aliphatic carbocycles. The number of benzene rings is 2. The number of hydrogen-bond donors (Lipinski definition) is 0. The summed E-state index contributed by atoms with van der Waals surface area (Å²) in [6, 6.07) is 12.9. The van der Waals surface area contributed by atoms with E-state index in [0.29, 0.717) is 56.6 Å². The second kappa shape index (κ2) is 9.61. The van der Waals surface area contributed by atoms with Crippen LogP contribution < -0.4 is 9.64 Å². The summed E-state index contributed by atoms with van der Waals surface area (Å²) in [6.07, 6.45) is 0. The third kappa shape index (κ3) is 5.10. The first-order chi connectivity index (χ1) is 13.9. The van der Waals surface area contributed by atoms with Gasteiger partial charge in [0.25, 0.3) is 0 Å². The standard InChI is InChI=1S/C22H30N2O4S/c1-4-27-16-17-28-20-8-10-21(11-9-20)29(25,26)24-14-12-23(13-15-24)22-7-5-6-18(2)19(22)3/h5-11H,4,12-17H2,1-3H3. The molecule has 2 aromatic rings. The van der Waals surface area contributed by atoms with Crippen molar-refractivity contribution in [3.63, 3.8) is 0 Å². The van der Waals surface area contributed by atoms with E-state index in [0.717, 1.165) is 0 Å². The first-order valence-electron chi connectivity index (χ1n) is 10.1. The molecular weight excluding hydrogens is 388 g/mol. The Morgan fingerprint density at radius 2 is 1.62 bits per heavy atom.